The minimum absolute atomic E-state index is 0.548. The molecule has 0 unspecified atom stereocenters. The lowest BCUT2D eigenvalue weighted by molar-refractivity contribution is 0.226. The maximum Gasteiger partial charge on any atom is 0.147 e. The van der Waals surface area contributed by atoms with E-state index in [-0.39, 0.29) is 0 Å². The lowest BCUT2D eigenvalue weighted by atomic mass is 9.77. The van der Waals surface area contributed by atoms with Crippen LogP contribution in [0, 0.1) is 5.41 Å². The highest BCUT2D eigenvalue weighted by molar-refractivity contribution is 7.99. The molecular weight excluding hydrogens is 469 g/mol. The van der Waals surface area contributed by atoms with E-state index in [1.54, 1.807) is 6.07 Å². The number of aromatic nitrogens is 2. The minimum atomic E-state index is 0.548. The van der Waals surface area contributed by atoms with E-state index >= 15 is 0 Å². The highest BCUT2D eigenvalue weighted by Gasteiger charge is 2.37. The number of nitrogens with zero attached hydrogens (tertiary/aromatic N) is 3. The van der Waals surface area contributed by atoms with Crippen molar-refractivity contribution >= 4 is 40.8 Å². The SMILES string of the molecule is CC.Clc1cccc(Sc2ncc(N3CCC4(CCCC4)CC3)nc2-c2ccccc2)c1Cl. The van der Waals surface area contributed by atoms with Crippen molar-refractivity contribution in [2.45, 2.75) is 62.3 Å². The fourth-order valence-corrected chi connectivity index (χ4v) is 6.27. The standard InChI is InChI=1S/C25H25Cl2N3S.C2H6/c26-19-9-6-10-20(22(19)27)31-24-23(18-7-2-1-3-8-18)29-21(17-28-24)30-15-13-25(14-16-30)11-4-5-12-25;1-2/h1-3,6-10,17H,4-5,11-16H2;1-2H3. The summed E-state index contributed by atoms with van der Waals surface area (Å²) in [4.78, 5) is 13.2. The second-order valence-corrected chi connectivity index (χ2v) is 10.4. The van der Waals surface area contributed by atoms with Crippen molar-refractivity contribution in [3.05, 3.63) is 64.8 Å². The third-order valence-electron chi connectivity index (χ3n) is 6.71. The highest BCUT2D eigenvalue weighted by Crippen LogP contribution is 2.47. The van der Waals surface area contributed by atoms with Gasteiger partial charge in [0.25, 0.3) is 0 Å². The molecule has 0 bridgehead atoms. The molecular formula is C27H31Cl2N3S. The zero-order valence-corrected chi connectivity index (χ0v) is 21.7. The van der Waals surface area contributed by atoms with E-state index in [0.29, 0.717) is 15.5 Å². The van der Waals surface area contributed by atoms with Gasteiger partial charge < -0.3 is 4.90 Å². The Morgan fingerprint density at radius 2 is 1.58 bits per heavy atom. The summed E-state index contributed by atoms with van der Waals surface area (Å²) in [6, 6.07) is 15.9. The van der Waals surface area contributed by atoms with Crippen LogP contribution in [-0.4, -0.2) is 23.1 Å². The first-order chi connectivity index (χ1) is 16.1. The molecule has 2 aromatic carbocycles. The summed E-state index contributed by atoms with van der Waals surface area (Å²) in [5.41, 5.74) is 2.53. The Labute approximate surface area is 211 Å². The van der Waals surface area contributed by atoms with Crippen molar-refractivity contribution in [1.29, 1.82) is 0 Å². The molecule has 1 spiro atoms. The molecule has 1 aliphatic carbocycles. The normalized spacial score (nSPS) is 17.0. The monoisotopic (exact) mass is 499 g/mol. The van der Waals surface area contributed by atoms with Crippen LogP contribution >= 0.6 is 35.0 Å². The van der Waals surface area contributed by atoms with Crippen LogP contribution in [0.25, 0.3) is 11.3 Å². The van der Waals surface area contributed by atoms with Gasteiger partial charge in [-0.05, 0) is 43.2 Å². The largest absolute Gasteiger partial charge is 0.355 e. The van der Waals surface area contributed by atoms with Crippen molar-refractivity contribution < 1.29 is 0 Å². The van der Waals surface area contributed by atoms with Gasteiger partial charge in [0.2, 0.25) is 0 Å². The summed E-state index contributed by atoms with van der Waals surface area (Å²) in [5.74, 6) is 0.966. The molecule has 0 amide bonds. The molecule has 2 heterocycles. The Bertz CT molecular complexity index is 1060. The molecule has 3 aromatic rings. The topological polar surface area (TPSA) is 29.0 Å². The summed E-state index contributed by atoms with van der Waals surface area (Å²) in [6.07, 6.45) is 10.1. The van der Waals surface area contributed by atoms with Crippen LogP contribution in [0.2, 0.25) is 10.0 Å². The molecule has 174 valence electrons. The molecule has 33 heavy (non-hydrogen) atoms. The third-order valence-corrected chi connectivity index (χ3v) is 8.69. The van der Waals surface area contributed by atoms with Crippen LogP contribution in [0.15, 0.2) is 64.6 Å². The molecule has 2 aliphatic rings. The third kappa shape index (κ3) is 5.50. The predicted molar refractivity (Wildman–Crippen MR) is 142 cm³/mol. The first-order valence-electron chi connectivity index (χ1n) is 11.9. The van der Waals surface area contributed by atoms with Crippen molar-refractivity contribution in [3.63, 3.8) is 0 Å². The fraction of sp³-hybridized carbons (Fsp3) is 0.407. The van der Waals surface area contributed by atoms with E-state index in [9.17, 15) is 0 Å². The van der Waals surface area contributed by atoms with Gasteiger partial charge in [-0.2, -0.15) is 0 Å². The van der Waals surface area contributed by atoms with Gasteiger partial charge in [0.15, 0.2) is 0 Å². The van der Waals surface area contributed by atoms with Crippen LogP contribution in [0.3, 0.4) is 0 Å². The Hall–Kier alpha value is -1.75. The molecule has 1 aliphatic heterocycles. The minimum Gasteiger partial charge on any atom is -0.355 e. The van der Waals surface area contributed by atoms with Crippen molar-refractivity contribution in [1.82, 2.24) is 9.97 Å². The first-order valence-corrected chi connectivity index (χ1v) is 13.5. The zero-order valence-electron chi connectivity index (χ0n) is 19.4. The summed E-state index contributed by atoms with van der Waals surface area (Å²) in [5, 5.41) is 1.94. The van der Waals surface area contributed by atoms with Crippen LogP contribution in [0.5, 0.6) is 0 Å². The fourth-order valence-electron chi connectivity index (χ4n) is 4.88. The first kappa shape index (κ1) is 24.4. The molecule has 1 saturated carbocycles. The smallest absolute Gasteiger partial charge is 0.147 e. The second kappa shape index (κ2) is 11.1. The molecule has 2 fully saturated rings. The van der Waals surface area contributed by atoms with Gasteiger partial charge in [0.05, 0.1) is 16.2 Å². The predicted octanol–water partition coefficient (Wildman–Crippen LogP) is 8.79. The number of halogens is 2. The van der Waals surface area contributed by atoms with Gasteiger partial charge >= 0.3 is 0 Å². The summed E-state index contributed by atoms with van der Waals surface area (Å²) < 4.78 is 0. The number of hydrogen-bond donors (Lipinski definition) is 0. The van der Waals surface area contributed by atoms with E-state index in [1.165, 1.54) is 50.3 Å². The summed E-state index contributed by atoms with van der Waals surface area (Å²) in [7, 11) is 0. The second-order valence-electron chi connectivity index (χ2n) is 8.60. The number of benzene rings is 2. The maximum atomic E-state index is 6.44. The van der Waals surface area contributed by atoms with Gasteiger partial charge in [0, 0.05) is 23.5 Å². The van der Waals surface area contributed by atoms with Gasteiger partial charge in [0.1, 0.15) is 16.5 Å². The zero-order chi connectivity index (χ0) is 23.3. The lowest BCUT2D eigenvalue weighted by Gasteiger charge is -2.40. The van der Waals surface area contributed by atoms with Crippen molar-refractivity contribution in [2.75, 3.05) is 18.0 Å². The van der Waals surface area contributed by atoms with Crippen LogP contribution in [-0.2, 0) is 0 Å². The maximum absolute atomic E-state index is 6.44. The Morgan fingerprint density at radius 3 is 2.27 bits per heavy atom. The number of hydrogen-bond acceptors (Lipinski definition) is 4. The number of rotatable bonds is 4. The van der Waals surface area contributed by atoms with Crippen LogP contribution < -0.4 is 4.90 Å². The molecule has 3 nitrogen and oxygen atoms in total. The van der Waals surface area contributed by atoms with Gasteiger partial charge in [-0.25, -0.2) is 9.97 Å². The van der Waals surface area contributed by atoms with Gasteiger partial charge in [-0.1, -0.05) is 98.1 Å². The summed E-state index contributed by atoms with van der Waals surface area (Å²) >= 11 is 14.2. The molecule has 0 radical (unpaired) electrons. The molecule has 6 heteroatoms. The summed E-state index contributed by atoms with van der Waals surface area (Å²) in [6.45, 7) is 6.13. The van der Waals surface area contributed by atoms with E-state index < -0.39 is 0 Å². The van der Waals surface area contributed by atoms with Gasteiger partial charge in [-0.3, -0.25) is 0 Å². The molecule has 0 atom stereocenters. The highest BCUT2D eigenvalue weighted by atomic mass is 35.5. The van der Waals surface area contributed by atoms with E-state index in [1.807, 2.05) is 50.4 Å². The van der Waals surface area contributed by atoms with E-state index in [4.69, 9.17) is 33.2 Å². The Balaban J connectivity index is 0.00000126. The molecule has 1 saturated heterocycles. The lowest BCUT2D eigenvalue weighted by Crippen LogP contribution is -2.39. The average Bonchev–Trinajstić information content (AvgIpc) is 3.32. The quantitative estimate of drug-likeness (QED) is 0.358. The van der Waals surface area contributed by atoms with E-state index in [2.05, 4.69) is 17.0 Å². The Morgan fingerprint density at radius 1 is 0.879 bits per heavy atom. The van der Waals surface area contributed by atoms with Crippen molar-refractivity contribution in [3.8, 4) is 11.3 Å². The Kier molecular flexibility index (Phi) is 8.21. The average molecular weight is 501 g/mol. The van der Waals surface area contributed by atoms with E-state index in [0.717, 1.165) is 40.1 Å². The molecule has 5 rings (SSSR count). The van der Waals surface area contributed by atoms with Gasteiger partial charge in [-0.15, -0.1) is 0 Å². The van der Waals surface area contributed by atoms with Crippen molar-refractivity contribution in [2.24, 2.45) is 5.41 Å². The molecule has 0 N–H and O–H groups in total. The number of anilines is 1. The molecule has 1 aromatic heterocycles. The number of piperidine rings is 1. The van der Waals surface area contributed by atoms with Crippen LogP contribution in [0.4, 0.5) is 5.82 Å². The van der Waals surface area contributed by atoms with Crippen LogP contribution in [0.1, 0.15) is 52.4 Å².